The van der Waals surface area contributed by atoms with E-state index in [4.69, 9.17) is 11.6 Å². The Balaban J connectivity index is 2.21. The van der Waals surface area contributed by atoms with Crippen LogP contribution in [0.2, 0.25) is 5.15 Å². The summed E-state index contributed by atoms with van der Waals surface area (Å²) in [6, 6.07) is 15.4. The predicted molar refractivity (Wildman–Crippen MR) is 81.3 cm³/mol. The van der Waals surface area contributed by atoms with Gasteiger partial charge < -0.3 is 0 Å². The van der Waals surface area contributed by atoms with Crippen LogP contribution in [-0.4, -0.2) is 14.8 Å². The Morgan fingerprint density at radius 1 is 1.19 bits per heavy atom. The summed E-state index contributed by atoms with van der Waals surface area (Å²) in [5.41, 5.74) is 2.81. The number of halogens is 1. The molecule has 3 rings (SSSR count). The van der Waals surface area contributed by atoms with Gasteiger partial charge in [0.05, 0.1) is 0 Å². The van der Waals surface area contributed by atoms with Crippen LogP contribution in [0.25, 0.3) is 17.1 Å². The van der Waals surface area contributed by atoms with E-state index in [-0.39, 0.29) is 5.15 Å². The van der Waals surface area contributed by atoms with E-state index in [2.05, 4.69) is 16.2 Å². The largest absolute Gasteiger partial charge is 0.237 e. The van der Waals surface area contributed by atoms with Crippen LogP contribution in [0, 0.1) is 18.3 Å². The van der Waals surface area contributed by atoms with Gasteiger partial charge >= 0.3 is 0 Å². The Kier molecular flexibility index (Phi) is 3.43. The molecule has 0 aliphatic heterocycles. The summed E-state index contributed by atoms with van der Waals surface area (Å²) < 4.78 is 1.50. The lowest BCUT2D eigenvalue weighted by molar-refractivity contribution is 0.849. The third-order valence-corrected chi connectivity index (χ3v) is 3.46. The normalized spacial score (nSPS) is 10.3. The van der Waals surface area contributed by atoms with Crippen molar-refractivity contribution in [3.63, 3.8) is 0 Å². The molecule has 1 aromatic carbocycles. The van der Waals surface area contributed by atoms with Crippen LogP contribution >= 0.6 is 11.6 Å². The molecule has 0 aliphatic carbocycles. The molecule has 5 heteroatoms. The standard InChI is InChI=1S/C16H11ClN4/c1-11-7-8-19-14(9-11)21-16(17)13(10-18)15(20-21)12-5-3-2-4-6-12/h2-9H,1H3. The van der Waals surface area contributed by atoms with Crippen molar-refractivity contribution in [1.82, 2.24) is 14.8 Å². The van der Waals surface area contributed by atoms with Crippen molar-refractivity contribution in [2.24, 2.45) is 0 Å². The molecule has 0 saturated carbocycles. The maximum atomic E-state index is 9.37. The minimum absolute atomic E-state index is 0.273. The Labute approximate surface area is 127 Å². The SMILES string of the molecule is Cc1ccnc(-n2nc(-c3ccccc3)c(C#N)c2Cl)c1. The van der Waals surface area contributed by atoms with E-state index >= 15 is 0 Å². The van der Waals surface area contributed by atoms with Crippen molar-refractivity contribution in [1.29, 1.82) is 5.26 Å². The molecule has 0 spiro atoms. The van der Waals surface area contributed by atoms with Gasteiger partial charge in [0, 0.05) is 11.8 Å². The average Bonchev–Trinajstić information content (AvgIpc) is 2.85. The highest BCUT2D eigenvalue weighted by atomic mass is 35.5. The lowest BCUT2D eigenvalue weighted by atomic mass is 10.1. The zero-order chi connectivity index (χ0) is 14.8. The van der Waals surface area contributed by atoms with Gasteiger partial charge in [0.1, 0.15) is 17.3 Å². The highest BCUT2D eigenvalue weighted by Crippen LogP contribution is 2.29. The maximum Gasteiger partial charge on any atom is 0.155 e. The van der Waals surface area contributed by atoms with Gasteiger partial charge in [0.2, 0.25) is 0 Å². The molecule has 0 fully saturated rings. The summed E-state index contributed by atoms with van der Waals surface area (Å²) in [4.78, 5) is 4.26. The van der Waals surface area contributed by atoms with Gasteiger partial charge in [-0.3, -0.25) is 0 Å². The number of aromatic nitrogens is 3. The van der Waals surface area contributed by atoms with Gasteiger partial charge in [-0.15, -0.1) is 0 Å². The lowest BCUT2D eigenvalue weighted by Gasteiger charge is -2.02. The second-order valence-corrected chi connectivity index (χ2v) is 4.95. The highest BCUT2D eigenvalue weighted by molar-refractivity contribution is 6.31. The van der Waals surface area contributed by atoms with Crippen molar-refractivity contribution >= 4 is 11.6 Å². The zero-order valence-corrected chi connectivity index (χ0v) is 12.0. The first-order chi connectivity index (χ1) is 10.2. The van der Waals surface area contributed by atoms with Gasteiger partial charge in [0.25, 0.3) is 0 Å². The molecule has 21 heavy (non-hydrogen) atoms. The predicted octanol–water partition coefficient (Wildman–Crippen LogP) is 3.77. The Morgan fingerprint density at radius 2 is 1.95 bits per heavy atom. The van der Waals surface area contributed by atoms with Gasteiger partial charge in [0.15, 0.2) is 11.0 Å². The van der Waals surface area contributed by atoms with Crippen molar-refractivity contribution in [3.05, 3.63) is 64.9 Å². The second kappa shape index (κ2) is 5.39. The summed E-state index contributed by atoms with van der Waals surface area (Å²) in [7, 11) is 0. The van der Waals surface area contributed by atoms with Crippen LogP contribution < -0.4 is 0 Å². The topological polar surface area (TPSA) is 54.5 Å². The molecular formula is C16H11ClN4. The minimum Gasteiger partial charge on any atom is -0.237 e. The third kappa shape index (κ3) is 2.39. The monoisotopic (exact) mass is 294 g/mol. The van der Waals surface area contributed by atoms with Gasteiger partial charge in [-0.1, -0.05) is 41.9 Å². The van der Waals surface area contributed by atoms with Crippen LogP contribution in [0.3, 0.4) is 0 Å². The van der Waals surface area contributed by atoms with E-state index in [1.165, 1.54) is 4.68 Å². The van der Waals surface area contributed by atoms with Crippen LogP contribution in [0.15, 0.2) is 48.7 Å². The van der Waals surface area contributed by atoms with Crippen molar-refractivity contribution in [3.8, 4) is 23.1 Å². The number of rotatable bonds is 2. The van der Waals surface area contributed by atoms with Gasteiger partial charge in [-0.2, -0.15) is 10.4 Å². The third-order valence-electron chi connectivity index (χ3n) is 3.11. The number of benzene rings is 1. The fourth-order valence-electron chi connectivity index (χ4n) is 2.08. The molecular weight excluding hydrogens is 284 g/mol. The summed E-state index contributed by atoms with van der Waals surface area (Å²) in [5, 5.41) is 14.1. The molecule has 0 bridgehead atoms. The molecule has 0 atom stereocenters. The molecule has 4 nitrogen and oxygen atoms in total. The van der Waals surface area contributed by atoms with E-state index in [0.717, 1.165) is 11.1 Å². The molecule has 3 aromatic rings. The summed E-state index contributed by atoms with van der Waals surface area (Å²) in [5.74, 6) is 0.596. The molecule has 2 heterocycles. The second-order valence-electron chi connectivity index (χ2n) is 4.60. The molecule has 2 aromatic heterocycles. The molecule has 0 saturated heterocycles. The maximum absolute atomic E-state index is 9.37. The Morgan fingerprint density at radius 3 is 2.62 bits per heavy atom. The van der Waals surface area contributed by atoms with E-state index < -0.39 is 0 Å². The Bertz CT molecular complexity index is 831. The lowest BCUT2D eigenvalue weighted by Crippen LogP contribution is -2.00. The summed E-state index contributed by atoms with van der Waals surface area (Å²) >= 11 is 6.30. The first-order valence-corrected chi connectivity index (χ1v) is 6.75. The van der Waals surface area contributed by atoms with E-state index in [0.29, 0.717) is 17.1 Å². The molecule has 0 aliphatic rings. The minimum atomic E-state index is 0.273. The smallest absolute Gasteiger partial charge is 0.155 e. The summed E-state index contributed by atoms with van der Waals surface area (Å²) in [6.45, 7) is 1.96. The molecule has 0 radical (unpaired) electrons. The van der Waals surface area contributed by atoms with Gasteiger partial charge in [-0.05, 0) is 24.6 Å². The van der Waals surface area contributed by atoms with Crippen LogP contribution in [0.1, 0.15) is 11.1 Å². The summed E-state index contributed by atoms with van der Waals surface area (Å²) in [6.07, 6.45) is 1.69. The zero-order valence-electron chi connectivity index (χ0n) is 11.3. The van der Waals surface area contributed by atoms with Gasteiger partial charge in [-0.25, -0.2) is 9.67 Å². The fraction of sp³-hybridized carbons (Fsp3) is 0.0625. The molecule has 0 amide bonds. The number of nitriles is 1. The van der Waals surface area contributed by atoms with Crippen LogP contribution in [0.5, 0.6) is 0 Å². The van der Waals surface area contributed by atoms with E-state index in [9.17, 15) is 5.26 Å². The number of nitrogens with zero attached hydrogens (tertiary/aromatic N) is 4. The van der Waals surface area contributed by atoms with Crippen molar-refractivity contribution < 1.29 is 0 Å². The first kappa shape index (κ1) is 13.3. The van der Waals surface area contributed by atoms with Crippen LogP contribution in [0.4, 0.5) is 0 Å². The van der Waals surface area contributed by atoms with E-state index in [1.54, 1.807) is 6.20 Å². The van der Waals surface area contributed by atoms with Crippen LogP contribution in [-0.2, 0) is 0 Å². The average molecular weight is 295 g/mol. The molecule has 0 unspecified atom stereocenters. The first-order valence-electron chi connectivity index (χ1n) is 6.38. The fourth-order valence-corrected chi connectivity index (χ4v) is 2.34. The quantitative estimate of drug-likeness (QED) is 0.723. The number of hydrogen-bond donors (Lipinski definition) is 0. The Hall–Kier alpha value is -2.64. The van der Waals surface area contributed by atoms with E-state index in [1.807, 2.05) is 49.4 Å². The molecule has 102 valence electrons. The highest BCUT2D eigenvalue weighted by Gasteiger charge is 2.19. The number of pyridine rings is 1. The van der Waals surface area contributed by atoms with Crippen molar-refractivity contribution in [2.75, 3.05) is 0 Å². The molecule has 0 N–H and O–H groups in total. The number of hydrogen-bond acceptors (Lipinski definition) is 3. The number of aryl methyl sites for hydroxylation is 1. The van der Waals surface area contributed by atoms with Crippen molar-refractivity contribution in [2.45, 2.75) is 6.92 Å².